The Morgan fingerprint density at radius 2 is 1.93 bits per heavy atom. The van der Waals surface area contributed by atoms with Gasteiger partial charge in [-0.1, -0.05) is 30.3 Å². The number of carbonyl (C=O) groups excluding carboxylic acids is 2. The maximum absolute atomic E-state index is 11.1. The SMILES string of the molecule is O=C1CN(Cc2ccccc2)C(=O)[N]1. The summed E-state index contributed by atoms with van der Waals surface area (Å²) in [5, 5.41) is 3.31. The lowest BCUT2D eigenvalue weighted by atomic mass is 10.2. The predicted octanol–water partition coefficient (Wildman–Crippen LogP) is 0.753. The molecule has 1 aromatic carbocycles. The van der Waals surface area contributed by atoms with Crippen molar-refractivity contribution in [3.8, 4) is 0 Å². The first-order valence-corrected chi connectivity index (χ1v) is 4.33. The summed E-state index contributed by atoms with van der Waals surface area (Å²) in [5.74, 6) is -0.356. The molecular weight excluding hydrogens is 180 g/mol. The molecule has 1 aliphatic heterocycles. The predicted molar refractivity (Wildman–Crippen MR) is 49.4 cm³/mol. The first-order valence-electron chi connectivity index (χ1n) is 4.33. The van der Waals surface area contributed by atoms with Crippen molar-refractivity contribution in [1.29, 1.82) is 0 Å². The maximum atomic E-state index is 11.1. The van der Waals surface area contributed by atoms with Crippen LogP contribution in [-0.4, -0.2) is 23.4 Å². The van der Waals surface area contributed by atoms with Gasteiger partial charge in [0, 0.05) is 6.54 Å². The molecule has 0 spiro atoms. The van der Waals surface area contributed by atoms with Gasteiger partial charge in [0.2, 0.25) is 0 Å². The van der Waals surface area contributed by atoms with E-state index in [2.05, 4.69) is 5.32 Å². The Morgan fingerprint density at radius 1 is 1.21 bits per heavy atom. The van der Waals surface area contributed by atoms with Gasteiger partial charge >= 0.3 is 6.03 Å². The number of carbonyl (C=O) groups is 2. The van der Waals surface area contributed by atoms with Gasteiger partial charge in [0.1, 0.15) is 6.54 Å². The van der Waals surface area contributed by atoms with Crippen LogP contribution in [-0.2, 0) is 11.3 Å². The van der Waals surface area contributed by atoms with E-state index in [0.29, 0.717) is 6.54 Å². The van der Waals surface area contributed by atoms with Crippen molar-refractivity contribution in [2.24, 2.45) is 0 Å². The molecule has 4 heteroatoms. The zero-order chi connectivity index (χ0) is 9.97. The van der Waals surface area contributed by atoms with Gasteiger partial charge in [0.05, 0.1) is 0 Å². The molecule has 3 amide bonds. The van der Waals surface area contributed by atoms with Crippen LogP contribution in [0.3, 0.4) is 0 Å². The fourth-order valence-electron chi connectivity index (χ4n) is 1.37. The third-order valence-electron chi connectivity index (χ3n) is 2.03. The smallest absolute Gasteiger partial charge is 0.309 e. The van der Waals surface area contributed by atoms with Crippen molar-refractivity contribution in [2.45, 2.75) is 6.54 Å². The number of hydrogen-bond acceptors (Lipinski definition) is 2. The number of imide groups is 1. The van der Waals surface area contributed by atoms with Crippen LogP contribution in [0.5, 0.6) is 0 Å². The summed E-state index contributed by atoms with van der Waals surface area (Å²) in [7, 11) is 0. The highest BCUT2D eigenvalue weighted by Gasteiger charge is 2.28. The van der Waals surface area contributed by atoms with Crippen LogP contribution < -0.4 is 5.32 Å². The molecule has 0 aromatic heterocycles. The molecule has 1 radical (unpaired) electrons. The second kappa shape index (κ2) is 3.49. The van der Waals surface area contributed by atoms with Crippen LogP contribution in [0.2, 0.25) is 0 Å². The van der Waals surface area contributed by atoms with Crippen LogP contribution >= 0.6 is 0 Å². The van der Waals surface area contributed by atoms with E-state index in [1.54, 1.807) is 0 Å². The fourth-order valence-corrected chi connectivity index (χ4v) is 1.37. The number of amides is 3. The molecule has 1 aromatic rings. The quantitative estimate of drug-likeness (QED) is 0.645. The van der Waals surface area contributed by atoms with Crippen LogP contribution in [0.25, 0.3) is 0 Å². The molecule has 2 rings (SSSR count). The molecule has 1 saturated heterocycles. The maximum Gasteiger partial charge on any atom is 0.347 e. The monoisotopic (exact) mass is 189 g/mol. The standard InChI is InChI=1S/C10H9N2O2/c13-9-7-12(10(14)11-9)6-8-4-2-1-3-5-8/h1-5H,6-7H2. The molecule has 4 nitrogen and oxygen atoms in total. The van der Waals surface area contributed by atoms with Crippen molar-refractivity contribution >= 4 is 11.9 Å². The molecule has 0 atom stereocenters. The van der Waals surface area contributed by atoms with Crippen LogP contribution in [0, 0.1) is 0 Å². The van der Waals surface area contributed by atoms with Gasteiger partial charge in [0.15, 0.2) is 0 Å². The minimum Gasteiger partial charge on any atom is -0.309 e. The van der Waals surface area contributed by atoms with E-state index in [1.165, 1.54) is 4.90 Å². The Hall–Kier alpha value is -1.84. The average Bonchev–Trinajstić information content (AvgIpc) is 2.47. The number of nitrogens with zero attached hydrogens (tertiary/aromatic N) is 2. The van der Waals surface area contributed by atoms with Crippen LogP contribution in [0.1, 0.15) is 5.56 Å². The summed E-state index contributed by atoms with van der Waals surface area (Å²) in [6.07, 6.45) is 0. The summed E-state index contributed by atoms with van der Waals surface area (Å²) in [6, 6.07) is 9.10. The summed E-state index contributed by atoms with van der Waals surface area (Å²) in [4.78, 5) is 23.4. The Kier molecular flexibility index (Phi) is 2.18. The summed E-state index contributed by atoms with van der Waals surface area (Å²) in [6.45, 7) is 0.558. The van der Waals surface area contributed by atoms with Gasteiger partial charge in [-0.25, -0.2) is 4.79 Å². The molecule has 0 N–H and O–H groups in total. The zero-order valence-corrected chi connectivity index (χ0v) is 7.51. The third-order valence-corrected chi connectivity index (χ3v) is 2.03. The van der Waals surface area contributed by atoms with Crippen molar-refractivity contribution in [3.05, 3.63) is 35.9 Å². The van der Waals surface area contributed by atoms with Crippen LogP contribution in [0.4, 0.5) is 4.79 Å². The summed E-state index contributed by atoms with van der Waals surface area (Å²) in [5.41, 5.74) is 1.01. The minimum atomic E-state index is -0.432. The highest BCUT2D eigenvalue weighted by molar-refractivity contribution is 6.01. The largest absolute Gasteiger partial charge is 0.347 e. The summed E-state index contributed by atoms with van der Waals surface area (Å²) >= 11 is 0. The lowest BCUT2D eigenvalue weighted by molar-refractivity contribution is -0.118. The normalized spacial score (nSPS) is 15.9. The van der Waals surface area contributed by atoms with E-state index in [1.807, 2.05) is 30.3 Å². The van der Waals surface area contributed by atoms with E-state index < -0.39 is 6.03 Å². The van der Waals surface area contributed by atoms with Crippen molar-refractivity contribution in [1.82, 2.24) is 10.2 Å². The van der Waals surface area contributed by atoms with Gasteiger partial charge in [-0.3, -0.25) is 4.79 Å². The topological polar surface area (TPSA) is 51.5 Å². The molecule has 1 fully saturated rings. The van der Waals surface area contributed by atoms with Crippen molar-refractivity contribution in [2.75, 3.05) is 6.54 Å². The molecule has 0 bridgehead atoms. The van der Waals surface area contributed by atoms with Crippen molar-refractivity contribution in [3.63, 3.8) is 0 Å². The van der Waals surface area contributed by atoms with Crippen LogP contribution in [0.15, 0.2) is 30.3 Å². The molecular formula is C10H9N2O2. The molecule has 71 valence electrons. The Balaban J connectivity index is 2.05. The Labute approximate surface area is 81.5 Å². The Bertz CT molecular complexity index is 362. The highest BCUT2D eigenvalue weighted by Crippen LogP contribution is 2.07. The van der Waals surface area contributed by atoms with E-state index in [-0.39, 0.29) is 12.5 Å². The Morgan fingerprint density at radius 3 is 2.50 bits per heavy atom. The van der Waals surface area contributed by atoms with Gasteiger partial charge in [-0.05, 0) is 5.56 Å². The number of rotatable bonds is 2. The zero-order valence-electron chi connectivity index (χ0n) is 7.51. The van der Waals surface area contributed by atoms with Gasteiger partial charge in [-0.15, -0.1) is 0 Å². The van der Waals surface area contributed by atoms with Gasteiger partial charge in [-0.2, -0.15) is 5.32 Å². The first kappa shape index (κ1) is 8.74. The molecule has 1 heterocycles. The van der Waals surface area contributed by atoms with Crippen molar-refractivity contribution < 1.29 is 9.59 Å². The molecule has 0 unspecified atom stereocenters. The molecule has 0 aliphatic carbocycles. The van der Waals surface area contributed by atoms with Gasteiger partial charge in [0.25, 0.3) is 5.91 Å². The molecule has 14 heavy (non-hydrogen) atoms. The average molecular weight is 189 g/mol. The second-order valence-electron chi connectivity index (χ2n) is 3.13. The highest BCUT2D eigenvalue weighted by atomic mass is 16.2. The number of hydrogen-bond donors (Lipinski definition) is 0. The third kappa shape index (κ3) is 1.74. The van der Waals surface area contributed by atoms with Gasteiger partial charge < -0.3 is 4.90 Å². The number of benzene rings is 1. The molecule has 0 saturated carbocycles. The first-order chi connectivity index (χ1) is 6.75. The van der Waals surface area contributed by atoms with E-state index >= 15 is 0 Å². The minimum absolute atomic E-state index is 0.105. The second-order valence-corrected chi connectivity index (χ2v) is 3.13. The van der Waals surface area contributed by atoms with E-state index in [9.17, 15) is 9.59 Å². The molecule has 1 aliphatic rings. The lowest BCUT2D eigenvalue weighted by Gasteiger charge is -2.11. The van der Waals surface area contributed by atoms with E-state index in [0.717, 1.165) is 5.56 Å². The lowest BCUT2D eigenvalue weighted by Crippen LogP contribution is -2.25. The van der Waals surface area contributed by atoms with E-state index in [4.69, 9.17) is 0 Å². The number of urea groups is 1. The summed E-state index contributed by atoms with van der Waals surface area (Å²) < 4.78 is 0. The fraction of sp³-hybridized carbons (Fsp3) is 0.200.